The lowest BCUT2D eigenvalue weighted by Crippen LogP contribution is -1.93. The van der Waals surface area contributed by atoms with Crippen LogP contribution in [0.4, 0.5) is 0 Å². The van der Waals surface area contributed by atoms with Crippen LogP contribution in [0.3, 0.4) is 0 Å². The normalized spacial score (nSPS) is 13.3. The van der Waals surface area contributed by atoms with Crippen molar-refractivity contribution >= 4 is 27.0 Å². The highest BCUT2D eigenvalue weighted by molar-refractivity contribution is 9.10. The van der Waals surface area contributed by atoms with Gasteiger partial charge in [-0.05, 0) is 29.7 Å². The van der Waals surface area contributed by atoms with Gasteiger partial charge >= 0.3 is 0 Å². The minimum Gasteiger partial charge on any atom is -0.302 e. The van der Waals surface area contributed by atoms with Crippen molar-refractivity contribution in [3.05, 3.63) is 28.2 Å². The molecule has 0 fully saturated rings. The van der Waals surface area contributed by atoms with Crippen molar-refractivity contribution in [1.82, 2.24) is 0 Å². The van der Waals surface area contributed by atoms with E-state index in [-0.39, 0.29) is 0 Å². The van der Waals surface area contributed by atoms with Gasteiger partial charge in [0, 0.05) is 4.47 Å². The van der Waals surface area contributed by atoms with Gasteiger partial charge < -0.3 is 4.55 Å². The minimum absolute atomic E-state index is 0.361. The third-order valence-corrected chi connectivity index (χ3v) is 2.86. The maximum Gasteiger partial charge on any atom is 0.186 e. The Kier molecular flexibility index (Phi) is 3.64. The molecule has 2 nitrogen and oxygen atoms in total. The van der Waals surface area contributed by atoms with Crippen molar-refractivity contribution in [2.24, 2.45) is 0 Å². The average Bonchev–Trinajstić information content (AvgIpc) is 2.03. The van der Waals surface area contributed by atoms with Gasteiger partial charge in [-0.15, -0.1) is 0 Å². The van der Waals surface area contributed by atoms with E-state index < -0.39 is 11.1 Å². The first-order valence-corrected chi connectivity index (χ1v) is 5.82. The molecular weight excluding hydrogens is 252 g/mol. The molecule has 1 unspecified atom stereocenters. The van der Waals surface area contributed by atoms with Crippen LogP contribution in [-0.2, 0) is 11.1 Å². The molecule has 0 heterocycles. The second kappa shape index (κ2) is 4.35. The Balaban J connectivity index is 3.19. The molecule has 0 aromatic heterocycles. The zero-order valence-corrected chi connectivity index (χ0v) is 9.85. The fraction of sp³-hybridized carbons (Fsp3) is 0.333. The first-order valence-electron chi connectivity index (χ1n) is 3.92. The molecule has 0 bridgehead atoms. The number of halogens is 1. The Hall–Kier alpha value is -0.190. The van der Waals surface area contributed by atoms with Crippen molar-refractivity contribution in [3.63, 3.8) is 0 Å². The molecule has 1 atom stereocenters. The summed E-state index contributed by atoms with van der Waals surface area (Å²) in [6, 6.07) is 5.37. The largest absolute Gasteiger partial charge is 0.302 e. The summed E-state index contributed by atoms with van der Waals surface area (Å²) in [6.45, 7) is 4.09. The van der Waals surface area contributed by atoms with E-state index >= 15 is 0 Å². The minimum atomic E-state index is -1.90. The number of hydrogen-bond donors (Lipinski definition) is 1. The summed E-state index contributed by atoms with van der Waals surface area (Å²) < 4.78 is 20.6. The molecule has 0 aliphatic heterocycles. The van der Waals surface area contributed by atoms with Crippen molar-refractivity contribution in [3.8, 4) is 0 Å². The van der Waals surface area contributed by atoms with Crippen LogP contribution in [0.15, 0.2) is 27.6 Å². The topological polar surface area (TPSA) is 37.3 Å². The first kappa shape index (κ1) is 10.9. The molecule has 0 radical (unpaired) electrons. The molecule has 0 amide bonds. The van der Waals surface area contributed by atoms with Gasteiger partial charge in [-0.2, -0.15) is 0 Å². The maximum atomic E-state index is 10.8. The molecule has 0 aliphatic carbocycles. The summed E-state index contributed by atoms with van der Waals surface area (Å²) in [5.41, 5.74) is 1.06. The van der Waals surface area contributed by atoms with Crippen molar-refractivity contribution in [2.75, 3.05) is 0 Å². The predicted molar refractivity (Wildman–Crippen MR) is 57.3 cm³/mol. The van der Waals surface area contributed by atoms with E-state index in [9.17, 15) is 4.21 Å². The Bertz CT molecular complexity index is 336. The lowest BCUT2D eigenvalue weighted by Gasteiger charge is -2.07. The molecule has 13 heavy (non-hydrogen) atoms. The van der Waals surface area contributed by atoms with Crippen LogP contribution in [0.2, 0.25) is 0 Å². The van der Waals surface area contributed by atoms with Gasteiger partial charge in [0.1, 0.15) is 0 Å². The first-order chi connectivity index (χ1) is 6.00. The fourth-order valence-electron chi connectivity index (χ4n) is 1.02. The lowest BCUT2D eigenvalue weighted by atomic mass is 10.0. The molecule has 0 aliphatic rings. The van der Waals surface area contributed by atoms with Crippen LogP contribution < -0.4 is 0 Å². The van der Waals surface area contributed by atoms with Gasteiger partial charge in [0.05, 0.1) is 4.90 Å². The van der Waals surface area contributed by atoms with Crippen molar-refractivity contribution in [1.29, 1.82) is 0 Å². The van der Waals surface area contributed by atoms with E-state index in [1.807, 2.05) is 19.9 Å². The second-order valence-corrected chi connectivity index (χ2v) is 5.01. The summed E-state index contributed by atoms with van der Waals surface area (Å²) >= 11 is 1.41. The van der Waals surface area contributed by atoms with Crippen LogP contribution in [0.25, 0.3) is 0 Å². The highest BCUT2D eigenvalue weighted by atomic mass is 79.9. The van der Waals surface area contributed by atoms with Gasteiger partial charge in [-0.25, -0.2) is 4.21 Å². The standard InChI is InChI=1S/C9H11BrO2S/c1-6(2)7-3-8(10)5-9(4-7)13(11)12/h3-6H,1-2H3,(H,11,12). The zero-order valence-electron chi connectivity index (χ0n) is 7.45. The Labute approximate surface area is 88.8 Å². The molecular formula is C9H11BrO2S. The fourth-order valence-corrected chi connectivity index (χ4v) is 2.15. The molecule has 1 rings (SSSR count). The Morgan fingerprint density at radius 2 is 2.00 bits per heavy atom. The van der Waals surface area contributed by atoms with E-state index in [1.165, 1.54) is 0 Å². The summed E-state index contributed by atoms with van der Waals surface area (Å²) in [4.78, 5) is 0.443. The smallest absolute Gasteiger partial charge is 0.186 e. The van der Waals surface area contributed by atoms with E-state index in [1.54, 1.807) is 12.1 Å². The predicted octanol–water partition coefficient (Wildman–Crippen LogP) is 3.15. The molecule has 4 heteroatoms. The van der Waals surface area contributed by atoms with Crippen LogP contribution in [0.5, 0.6) is 0 Å². The van der Waals surface area contributed by atoms with Crippen LogP contribution in [0, 0.1) is 0 Å². The third-order valence-electron chi connectivity index (χ3n) is 1.76. The number of rotatable bonds is 2. The van der Waals surface area contributed by atoms with Crippen LogP contribution in [0.1, 0.15) is 25.3 Å². The Morgan fingerprint density at radius 3 is 2.46 bits per heavy atom. The summed E-state index contributed by atoms with van der Waals surface area (Å²) in [5, 5.41) is 0. The van der Waals surface area contributed by atoms with Gasteiger partial charge in [0.2, 0.25) is 0 Å². The SMILES string of the molecule is CC(C)c1cc(Br)cc(S(=O)O)c1. The summed E-state index contributed by atoms with van der Waals surface area (Å²) in [6.07, 6.45) is 0. The number of benzene rings is 1. The van der Waals surface area contributed by atoms with Crippen molar-refractivity contribution < 1.29 is 8.76 Å². The number of hydrogen-bond acceptors (Lipinski definition) is 1. The van der Waals surface area contributed by atoms with Gasteiger partial charge in [-0.1, -0.05) is 29.8 Å². The van der Waals surface area contributed by atoms with Gasteiger partial charge in [0.15, 0.2) is 11.1 Å². The van der Waals surface area contributed by atoms with Crippen LogP contribution in [-0.4, -0.2) is 8.76 Å². The molecule has 0 saturated heterocycles. The average molecular weight is 263 g/mol. The van der Waals surface area contributed by atoms with Gasteiger partial charge in [-0.3, -0.25) is 0 Å². The van der Waals surface area contributed by atoms with E-state index in [0.29, 0.717) is 10.8 Å². The van der Waals surface area contributed by atoms with Gasteiger partial charge in [0.25, 0.3) is 0 Å². The lowest BCUT2D eigenvalue weighted by molar-refractivity contribution is 0.564. The quantitative estimate of drug-likeness (QED) is 0.832. The van der Waals surface area contributed by atoms with Crippen LogP contribution >= 0.6 is 15.9 Å². The highest BCUT2D eigenvalue weighted by Gasteiger charge is 2.06. The zero-order chi connectivity index (χ0) is 10.0. The molecule has 72 valence electrons. The summed E-state index contributed by atoms with van der Waals surface area (Å²) in [7, 11) is 0. The highest BCUT2D eigenvalue weighted by Crippen LogP contribution is 2.23. The molecule has 0 saturated carbocycles. The molecule has 1 N–H and O–H groups in total. The molecule has 1 aromatic rings. The third kappa shape index (κ3) is 2.90. The van der Waals surface area contributed by atoms with E-state index in [4.69, 9.17) is 4.55 Å². The summed E-state index contributed by atoms with van der Waals surface area (Å²) in [5.74, 6) is 0.361. The van der Waals surface area contributed by atoms with E-state index in [0.717, 1.165) is 10.0 Å². The Morgan fingerprint density at radius 1 is 1.38 bits per heavy atom. The molecule has 1 aromatic carbocycles. The second-order valence-electron chi connectivity index (χ2n) is 3.12. The van der Waals surface area contributed by atoms with E-state index in [2.05, 4.69) is 15.9 Å². The monoisotopic (exact) mass is 262 g/mol. The van der Waals surface area contributed by atoms with Crippen molar-refractivity contribution in [2.45, 2.75) is 24.7 Å². The maximum absolute atomic E-state index is 10.8. The molecule has 0 spiro atoms.